The van der Waals surface area contributed by atoms with E-state index in [1.54, 1.807) is 0 Å². The van der Waals surface area contributed by atoms with Gasteiger partial charge in [-0.15, -0.1) is 0 Å². The van der Waals surface area contributed by atoms with Crippen LogP contribution in [-0.2, 0) is 12.4 Å². The van der Waals surface area contributed by atoms with Gasteiger partial charge in [0.05, 0.1) is 12.7 Å². The van der Waals surface area contributed by atoms with Gasteiger partial charge in [0, 0.05) is 5.56 Å². The van der Waals surface area contributed by atoms with Gasteiger partial charge in [0.25, 0.3) is 0 Å². The molecule has 1 aromatic carbocycles. The first kappa shape index (κ1) is 14.3. The summed E-state index contributed by atoms with van der Waals surface area (Å²) in [5.41, 5.74) is -4.44. The van der Waals surface area contributed by atoms with Crippen molar-refractivity contribution in [2.45, 2.75) is 12.4 Å². The number of halogens is 6. The lowest BCUT2D eigenvalue weighted by molar-refractivity contribution is -0.162. The number of aldehydes is 1. The fourth-order valence-corrected chi connectivity index (χ4v) is 1.38. The molecule has 100 valence electrons. The Morgan fingerprint density at radius 2 is 1.61 bits per heavy atom. The van der Waals surface area contributed by atoms with E-state index in [2.05, 4.69) is 4.74 Å². The molecule has 0 amide bonds. The van der Waals surface area contributed by atoms with Gasteiger partial charge in [-0.3, -0.25) is 4.79 Å². The lowest BCUT2D eigenvalue weighted by atomic mass is 10.0. The first-order chi connectivity index (χ1) is 8.11. The van der Waals surface area contributed by atoms with Crippen LogP contribution < -0.4 is 4.74 Å². The molecule has 0 fully saturated rings. The lowest BCUT2D eigenvalue weighted by Crippen LogP contribution is -2.18. The Balaban J connectivity index is 3.69. The monoisotopic (exact) mass is 272 g/mol. The molecule has 0 N–H and O–H groups in total. The van der Waals surface area contributed by atoms with Crippen molar-refractivity contribution in [2.75, 3.05) is 7.11 Å². The average Bonchev–Trinajstić information content (AvgIpc) is 2.24. The van der Waals surface area contributed by atoms with Crippen molar-refractivity contribution in [3.05, 3.63) is 28.8 Å². The third kappa shape index (κ3) is 2.74. The van der Waals surface area contributed by atoms with Crippen molar-refractivity contribution >= 4 is 6.29 Å². The highest BCUT2D eigenvalue weighted by molar-refractivity contribution is 5.77. The quantitative estimate of drug-likeness (QED) is 0.608. The fraction of sp³-hybridized carbons (Fsp3) is 0.300. The van der Waals surface area contributed by atoms with E-state index in [-0.39, 0.29) is 12.4 Å². The summed E-state index contributed by atoms with van der Waals surface area (Å²) in [7, 11) is 0.791. The summed E-state index contributed by atoms with van der Waals surface area (Å²) in [6.07, 6.45) is -10.5. The fourth-order valence-electron chi connectivity index (χ4n) is 1.38. The first-order valence-electron chi connectivity index (χ1n) is 4.43. The molecule has 0 saturated heterocycles. The van der Waals surface area contributed by atoms with Gasteiger partial charge in [-0.25, -0.2) is 0 Å². The Morgan fingerprint density at radius 3 is 1.94 bits per heavy atom. The minimum absolute atomic E-state index is 0.0118. The third-order valence-electron chi connectivity index (χ3n) is 2.07. The van der Waals surface area contributed by atoms with Crippen LogP contribution in [0.3, 0.4) is 0 Å². The zero-order valence-corrected chi connectivity index (χ0v) is 8.82. The van der Waals surface area contributed by atoms with Crippen LogP contribution >= 0.6 is 0 Å². The molecule has 0 spiro atoms. The molecule has 1 aromatic rings. The maximum atomic E-state index is 12.6. The number of ether oxygens (including phenoxy) is 1. The van der Waals surface area contributed by atoms with Crippen molar-refractivity contribution in [3.8, 4) is 5.75 Å². The molecule has 0 aromatic heterocycles. The molecule has 1 rings (SSSR count). The van der Waals surface area contributed by atoms with Crippen molar-refractivity contribution in [3.63, 3.8) is 0 Å². The second-order valence-electron chi connectivity index (χ2n) is 3.26. The summed E-state index contributed by atoms with van der Waals surface area (Å²) in [5.74, 6) is -1.04. The van der Waals surface area contributed by atoms with Crippen LogP contribution in [0.5, 0.6) is 5.75 Å². The summed E-state index contributed by atoms with van der Waals surface area (Å²) in [4.78, 5) is 10.4. The number of benzene rings is 1. The van der Waals surface area contributed by atoms with Gasteiger partial charge in [0.1, 0.15) is 17.6 Å². The number of alkyl halides is 6. The number of rotatable bonds is 2. The Morgan fingerprint density at radius 1 is 1.06 bits per heavy atom. The highest BCUT2D eigenvalue weighted by atomic mass is 19.4. The molecule has 2 nitrogen and oxygen atoms in total. The topological polar surface area (TPSA) is 26.3 Å². The molecule has 0 aliphatic rings. The summed E-state index contributed by atoms with van der Waals surface area (Å²) in [5, 5.41) is 0. The summed E-state index contributed by atoms with van der Waals surface area (Å²) < 4.78 is 79.7. The van der Waals surface area contributed by atoms with Gasteiger partial charge in [0.15, 0.2) is 0 Å². The van der Waals surface area contributed by atoms with Gasteiger partial charge in [-0.2, -0.15) is 26.3 Å². The lowest BCUT2D eigenvalue weighted by Gasteiger charge is -2.18. The second kappa shape index (κ2) is 4.51. The van der Waals surface area contributed by atoms with E-state index in [1.807, 2.05) is 0 Å². The maximum absolute atomic E-state index is 12.6. The maximum Gasteiger partial charge on any atom is 0.420 e. The van der Waals surface area contributed by atoms with Crippen molar-refractivity contribution in [1.82, 2.24) is 0 Å². The molecule has 0 aliphatic heterocycles. The molecule has 0 unspecified atom stereocenters. The van der Waals surface area contributed by atoms with E-state index in [1.165, 1.54) is 0 Å². The molecule has 0 bridgehead atoms. The van der Waals surface area contributed by atoms with Gasteiger partial charge in [-0.05, 0) is 12.1 Å². The van der Waals surface area contributed by atoms with Gasteiger partial charge in [-0.1, -0.05) is 0 Å². The van der Waals surface area contributed by atoms with Crippen LogP contribution in [0, 0.1) is 0 Å². The van der Waals surface area contributed by atoms with Crippen LogP contribution in [0.1, 0.15) is 21.5 Å². The predicted octanol–water partition coefficient (Wildman–Crippen LogP) is 3.55. The predicted molar refractivity (Wildman–Crippen MR) is 48.4 cm³/mol. The minimum Gasteiger partial charge on any atom is -0.496 e. The molecule has 18 heavy (non-hydrogen) atoms. The summed E-state index contributed by atoms with van der Waals surface area (Å²) in [6.45, 7) is 0. The van der Waals surface area contributed by atoms with Crippen LogP contribution in [0.4, 0.5) is 26.3 Å². The summed E-state index contributed by atoms with van der Waals surface area (Å²) >= 11 is 0. The number of hydrogen-bond donors (Lipinski definition) is 0. The second-order valence-corrected chi connectivity index (χ2v) is 3.26. The Kier molecular flexibility index (Phi) is 3.59. The Bertz CT molecular complexity index is 461. The van der Waals surface area contributed by atoms with Gasteiger partial charge < -0.3 is 4.74 Å². The van der Waals surface area contributed by atoms with Crippen molar-refractivity contribution in [1.29, 1.82) is 0 Å². The van der Waals surface area contributed by atoms with E-state index in [0.717, 1.165) is 7.11 Å². The smallest absolute Gasteiger partial charge is 0.420 e. The largest absolute Gasteiger partial charge is 0.496 e. The van der Waals surface area contributed by atoms with Crippen LogP contribution in [0.2, 0.25) is 0 Å². The third-order valence-corrected chi connectivity index (χ3v) is 2.07. The molecule has 0 atom stereocenters. The van der Waals surface area contributed by atoms with E-state index in [4.69, 9.17) is 0 Å². The normalized spacial score (nSPS) is 12.4. The van der Waals surface area contributed by atoms with Crippen molar-refractivity contribution in [2.24, 2.45) is 0 Å². The molecular formula is C10H6F6O2. The highest BCUT2D eigenvalue weighted by Gasteiger charge is 2.45. The van der Waals surface area contributed by atoms with E-state index in [9.17, 15) is 31.1 Å². The molecule has 0 radical (unpaired) electrons. The molecular weight excluding hydrogens is 266 g/mol. The highest BCUT2D eigenvalue weighted by Crippen LogP contribution is 2.45. The van der Waals surface area contributed by atoms with E-state index in [0.29, 0.717) is 6.07 Å². The molecule has 8 heteroatoms. The van der Waals surface area contributed by atoms with E-state index < -0.39 is 34.8 Å². The molecule has 0 saturated carbocycles. The number of methoxy groups -OCH3 is 1. The SMILES string of the molecule is COc1cc(C=O)cc(C(F)(F)F)c1C(F)(F)F. The summed E-state index contributed by atoms with van der Waals surface area (Å²) in [6, 6.07) is 0.739. The van der Waals surface area contributed by atoms with Crippen molar-refractivity contribution < 1.29 is 35.9 Å². The van der Waals surface area contributed by atoms with Gasteiger partial charge >= 0.3 is 12.4 Å². The zero-order chi connectivity index (χ0) is 14.1. The van der Waals surface area contributed by atoms with Gasteiger partial charge in [0.2, 0.25) is 0 Å². The zero-order valence-electron chi connectivity index (χ0n) is 8.82. The average molecular weight is 272 g/mol. The minimum atomic E-state index is -5.24. The molecule has 0 aliphatic carbocycles. The standard InChI is InChI=1S/C10H6F6O2/c1-18-7-3-5(4-17)2-6(9(11,12)13)8(7)10(14,15)16/h2-4H,1H3. The van der Waals surface area contributed by atoms with Crippen LogP contribution in [0.15, 0.2) is 12.1 Å². The Hall–Kier alpha value is -1.73. The van der Waals surface area contributed by atoms with E-state index >= 15 is 0 Å². The number of hydrogen-bond acceptors (Lipinski definition) is 2. The molecule has 0 heterocycles. The Labute approximate surface area is 97.2 Å². The van der Waals surface area contributed by atoms with Crippen LogP contribution in [-0.4, -0.2) is 13.4 Å². The number of carbonyl (C=O) groups excluding carboxylic acids is 1. The first-order valence-corrected chi connectivity index (χ1v) is 4.43. The van der Waals surface area contributed by atoms with Crippen LogP contribution in [0.25, 0.3) is 0 Å². The number of carbonyl (C=O) groups is 1.